The van der Waals surface area contributed by atoms with Crippen molar-refractivity contribution in [3.05, 3.63) is 127 Å². The average Bonchev–Trinajstić information content (AvgIpc) is 3.10. The Bertz CT molecular complexity index is 1890. The number of nitrogens with one attached hydrogen (secondary N) is 4. The fourth-order valence-electron chi connectivity index (χ4n) is 4.44. The third-order valence-electron chi connectivity index (χ3n) is 7.58. The average molecular weight is 709 g/mol. The zero-order valence-electron chi connectivity index (χ0n) is 28.6. The van der Waals surface area contributed by atoms with Crippen molar-refractivity contribution in [1.29, 1.82) is 10.5 Å². The van der Waals surface area contributed by atoms with Crippen molar-refractivity contribution in [2.45, 2.75) is 38.9 Å². The summed E-state index contributed by atoms with van der Waals surface area (Å²) in [6, 6.07) is 25.6. The Morgan fingerprint density at radius 2 is 0.942 bits per heavy atom. The van der Waals surface area contributed by atoms with Gasteiger partial charge in [0.25, 0.3) is 23.2 Å². The van der Waals surface area contributed by atoms with E-state index < -0.39 is 32.9 Å². The first-order valence-electron chi connectivity index (χ1n) is 15.5. The molecule has 6 N–H and O–H groups in total. The van der Waals surface area contributed by atoms with E-state index in [1.807, 2.05) is 12.1 Å². The number of nitriles is 2. The smallest absolute Gasteiger partial charge is 0.272 e. The van der Waals surface area contributed by atoms with E-state index in [4.69, 9.17) is 10.5 Å². The number of amides is 2. The first-order valence-corrected chi connectivity index (χ1v) is 15.5. The van der Waals surface area contributed by atoms with Crippen molar-refractivity contribution in [3.8, 4) is 12.1 Å². The van der Waals surface area contributed by atoms with Gasteiger partial charge in [-0.05, 0) is 100 Å². The molecule has 0 saturated heterocycles. The van der Waals surface area contributed by atoms with Crippen molar-refractivity contribution in [2.24, 2.45) is 0 Å². The predicted octanol–water partition coefficient (Wildman–Crippen LogP) is 5.15. The van der Waals surface area contributed by atoms with Gasteiger partial charge < -0.3 is 31.5 Å². The number of hydrogen-bond acceptors (Lipinski definition) is 12. The first-order chi connectivity index (χ1) is 24.4. The Hall–Kier alpha value is -6.88. The minimum Gasteiger partial charge on any atom is -0.382 e. The summed E-state index contributed by atoms with van der Waals surface area (Å²) in [6.45, 7) is 5.73. The number of rotatable bonds is 12. The molecule has 0 spiro atoms. The number of nitro groups is 2. The van der Waals surface area contributed by atoms with Crippen LogP contribution >= 0.6 is 0 Å². The van der Waals surface area contributed by atoms with E-state index in [9.17, 15) is 40.0 Å². The van der Waals surface area contributed by atoms with E-state index in [1.165, 1.54) is 50.2 Å². The van der Waals surface area contributed by atoms with Crippen molar-refractivity contribution < 1.29 is 29.6 Å². The monoisotopic (exact) mass is 708 g/mol. The molecular formula is C36H36N8O8. The Labute approximate surface area is 298 Å². The molecule has 0 fully saturated rings. The van der Waals surface area contributed by atoms with Gasteiger partial charge in [-0.1, -0.05) is 0 Å². The number of nitrogens with zero attached hydrogens (tertiary/aromatic N) is 4. The standard InChI is InChI=1S/2C18H18N4O4/c2*1-12-9-15(7-8-16(12)22(25)26)21-17(23)18(2,24)11-20-14-5-3-13(10-19)4-6-14/h2*3-9,20,24H,11H2,1-2H3,(H,21,23). The summed E-state index contributed by atoms with van der Waals surface area (Å²) in [6.07, 6.45) is 0. The third kappa shape index (κ3) is 11.1. The quantitative estimate of drug-likeness (QED) is 0.0825. The first kappa shape index (κ1) is 39.6. The zero-order valence-corrected chi connectivity index (χ0v) is 28.6. The van der Waals surface area contributed by atoms with Crippen LogP contribution in [-0.4, -0.2) is 56.2 Å². The second-order valence-electron chi connectivity index (χ2n) is 12.1. The number of aryl methyl sites for hydroxylation is 2. The summed E-state index contributed by atoms with van der Waals surface area (Å²) in [7, 11) is 0. The van der Waals surface area contributed by atoms with Crippen LogP contribution in [0.1, 0.15) is 36.1 Å². The summed E-state index contributed by atoms with van der Waals surface area (Å²) < 4.78 is 0. The topological polar surface area (TPSA) is 257 Å². The maximum atomic E-state index is 12.3. The number of carbonyl (C=O) groups is 2. The van der Waals surface area contributed by atoms with E-state index in [0.29, 0.717) is 45.0 Å². The van der Waals surface area contributed by atoms with Crippen molar-refractivity contribution in [3.63, 3.8) is 0 Å². The molecule has 0 heterocycles. The summed E-state index contributed by atoms with van der Waals surface area (Å²) in [4.78, 5) is 45.3. The molecule has 4 aromatic carbocycles. The molecule has 16 heteroatoms. The highest BCUT2D eigenvalue weighted by Gasteiger charge is 2.31. The summed E-state index contributed by atoms with van der Waals surface area (Å²) >= 11 is 0. The minimum absolute atomic E-state index is 0.0442. The summed E-state index contributed by atoms with van der Waals surface area (Å²) in [5.41, 5.74) is 0.329. The van der Waals surface area contributed by atoms with Crippen LogP contribution in [0.2, 0.25) is 0 Å². The highest BCUT2D eigenvalue weighted by atomic mass is 16.6. The Balaban J connectivity index is 0.000000280. The van der Waals surface area contributed by atoms with Gasteiger partial charge in [0.2, 0.25) is 0 Å². The predicted molar refractivity (Wildman–Crippen MR) is 193 cm³/mol. The number of aliphatic hydroxyl groups is 2. The van der Waals surface area contributed by atoms with Gasteiger partial charge >= 0.3 is 0 Å². The van der Waals surface area contributed by atoms with Gasteiger partial charge in [-0.3, -0.25) is 29.8 Å². The lowest BCUT2D eigenvalue weighted by Gasteiger charge is -2.23. The molecular weight excluding hydrogens is 672 g/mol. The number of hydrogen-bond donors (Lipinski definition) is 6. The zero-order chi connectivity index (χ0) is 38.6. The molecule has 268 valence electrons. The lowest BCUT2D eigenvalue weighted by molar-refractivity contribution is -0.385. The molecule has 2 unspecified atom stereocenters. The van der Waals surface area contributed by atoms with Crippen molar-refractivity contribution in [2.75, 3.05) is 34.4 Å². The Kier molecular flexibility index (Phi) is 13.1. The molecule has 0 aromatic heterocycles. The molecule has 0 aliphatic carbocycles. The number of nitro benzene ring substituents is 2. The molecule has 2 atom stereocenters. The highest BCUT2D eigenvalue weighted by molar-refractivity contribution is 5.98. The molecule has 0 bridgehead atoms. The number of carbonyl (C=O) groups excluding carboxylic acids is 2. The van der Waals surface area contributed by atoms with Crippen LogP contribution in [0.4, 0.5) is 34.1 Å². The van der Waals surface area contributed by atoms with E-state index in [-0.39, 0.29) is 24.5 Å². The number of benzene rings is 4. The molecule has 4 rings (SSSR count). The molecule has 0 aliphatic heterocycles. The highest BCUT2D eigenvalue weighted by Crippen LogP contribution is 2.24. The van der Waals surface area contributed by atoms with Gasteiger partial charge in [0, 0.05) is 46.0 Å². The molecule has 4 aromatic rings. The maximum Gasteiger partial charge on any atom is 0.272 e. The van der Waals surface area contributed by atoms with Crippen LogP contribution in [0.5, 0.6) is 0 Å². The Morgan fingerprint density at radius 1 is 0.635 bits per heavy atom. The third-order valence-corrected chi connectivity index (χ3v) is 7.58. The van der Waals surface area contributed by atoms with Crippen LogP contribution in [0.3, 0.4) is 0 Å². The van der Waals surface area contributed by atoms with Crippen LogP contribution in [0, 0.1) is 56.7 Å². The van der Waals surface area contributed by atoms with E-state index in [2.05, 4.69) is 21.3 Å². The second kappa shape index (κ2) is 17.2. The minimum atomic E-state index is -1.72. The fourth-order valence-corrected chi connectivity index (χ4v) is 4.44. The van der Waals surface area contributed by atoms with Crippen molar-refractivity contribution >= 4 is 45.9 Å². The lowest BCUT2D eigenvalue weighted by atomic mass is 10.1. The lowest BCUT2D eigenvalue weighted by Crippen LogP contribution is -2.45. The summed E-state index contributed by atoms with van der Waals surface area (Å²) in [5.74, 6) is -1.29. The van der Waals surface area contributed by atoms with E-state index >= 15 is 0 Å². The normalized spacial score (nSPS) is 12.5. The van der Waals surface area contributed by atoms with Crippen LogP contribution in [0.25, 0.3) is 0 Å². The largest absolute Gasteiger partial charge is 0.382 e. The second-order valence-corrected chi connectivity index (χ2v) is 12.1. The fraction of sp³-hybridized carbons (Fsp3) is 0.222. The molecule has 0 saturated carbocycles. The van der Waals surface area contributed by atoms with Gasteiger partial charge in [0.15, 0.2) is 11.2 Å². The van der Waals surface area contributed by atoms with Crippen LogP contribution < -0.4 is 21.3 Å². The van der Waals surface area contributed by atoms with Crippen LogP contribution in [-0.2, 0) is 9.59 Å². The van der Waals surface area contributed by atoms with Gasteiger partial charge in [-0.25, -0.2) is 0 Å². The molecule has 52 heavy (non-hydrogen) atoms. The Morgan fingerprint density at radius 3 is 1.21 bits per heavy atom. The van der Waals surface area contributed by atoms with Gasteiger partial charge in [0.1, 0.15) is 0 Å². The van der Waals surface area contributed by atoms with E-state index in [1.54, 1.807) is 62.4 Å². The number of anilines is 4. The molecule has 0 radical (unpaired) electrons. The van der Waals surface area contributed by atoms with Crippen molar-refractivity contribution in [1.82, 2.24) is 0 Å². The molecule has 2 amide bonds. The van der Waals surface area contributed by atoms with Crippen LogP contribution in [0.15, 0.2) is 84.9 Å². The van der Waals surface area contributed by atoms with Gasteiger partial charge in [0.05, 0.1) is 46.2 Å². The van der Waals surface area contributed by atoms with Gasteiger partial charge in [-0.2, -0.15) is 10.5 Å². The molecule has 0 aliphatic rings. The maximum absolute atomic E-state index is 12.3. The van der Waals surface area contributed by atoms with E-state index in [0.717, 1.165) is 0 Å². The van der Waals surface area contributed by atoms with Gasteiger partial charge in [-0.15, -0.1) is 0 Å². The molecule has 16 nitrogen and oxygen atoms in total. The SMILES string of the molecule is Cc1cc(NC(=O)C(C)(O)CNc2ccc(C#N)cc2)ccc1[N+](=O)[O-].Cc1cc(NC(=O)C(C)(O)CNc2ccc(C#N)cc2)ccc1[N+](=O)[O-]. The summed E-state index contributed by atoms with van der Waals surface area (Å²) in [5, 5.41) is 70.9.